The molecule has 1 fully saturated rings. The molecule has 0 amide bonds. The second-order valence-corrected chi connectivity index (χ2v) is 4.95. The van der Waals surface area contributed by atoms with E-state index in [0.29, 0.717) is 5.92 Å². The van der Waals surface area contributed by atoms with Crippen LogP contribution in [-0.4, -0.2) is 0 Å². The van der Waals surface area contributed by atoms with Gasteiger partial charge in [0.05, 0.1) is 0 Å². The second kappa shape index (κ2) is 5.88. The molecule has 1 aromatic carbocycles. The molecule has 1 aliphatic carbocycles. The van der Waals surface area contributed by atoms with E-state index in [9.17, 15) is 0 Å². The lowest BCUT2D eigenvalue weighted by molar-refractivity contribution is 0.444. The third-order valence-corrected chi connectivity index (χ3v) is 3.89. The van der Waals surface area contributed by atoms with E-state index in [1.165, 1.54) is 31.2 Å². The SMILES string of the molecule is Cl.N[C@@H](c1ccccc1Br)C1CCCC1. The van der Waals surface area contributed by atoms with Gasteiger partial charge in [-0.1, -0.05) is 47.0 Å². The molecule has 1 aliphatic rings. The molecule has 84 valence electrons. The molecular formula is C12H17BrClN. The van der Waals surface area contributed by atoms with Gasteiger partial charge in [0.1, 0.15) is 0 Å². The van der Waals surface area contributed by atoms with E-state index >= 15 is 0 Å². The zero-order chi connectivity index (χ0) is 9.97. The van der Waals surface area contributed by atoms with Gasteiger partial charge < -0.3 is 5.73 Å². The fraction of sp³-hybridized carbons (Fsp3) is 0.500. The first-order valence-corrected chi connectivity index (χ1v) is 6.08. The molecule has 0 aromatic heterocycles. The molecule has 0 aliphatic heterocycles. The quantitative estimate of drug-likeness (QED) is 0.873. The summed E-state index contributed by atoms with van der Waals surface area (Å²) < 4.78 is 1.15. The monoisotopic (exact) mass is 289 g/mol. The molecule has 0 heterocycles. The van der Waals surface area contributed by atoms with Crippen LogP contribution >= 0.6 is 28.3 Å². The van der Waals surface area contributed by atoms with Crippen LogP contribution in [-0.2, 0) is 0 Å². The fourth-order valence-electron chi connectivity index (χ4n) is 2.32. The van der Waals surface area contributed by atoms with E-state index in [1.54, 1.807) is 0 Å². The van der Waals surface area contributed by atoms with E-state index in [0.717, 1.165) is 4.47 Å². The molecule has 0 radical (unpaired) electrons. The molecule has 0 unspecified atom stereocenters. The summed E-state index contributed by atoms with van der Waals surface area (Å²) in [5.41, 5.74) is 7.53. The minimum absolute atomic E-state index is 0. The summed E-state index contributed by atoms with van der Waals surface area (Å²) in [5.74, 6) is 0.689. The molecule has 2 rings (SSSR count). The van der Waals surface area contributed by atoms with E-state index < -0.39 is 0 Å². The molecule has 0 bridgehead atoms. The van der Waals surface area contributed by atoms with E-state index in [1.807, 2.05) is 6.07 Å². The molecule has 3 heteroatoms. The van der Waals surface area contributed by atoms with Crippen molar-refractivity contribution >= 4 is 28.3 Å². The highest BCUT2D eigenvalue weighted by Crippen LogP contribution is 2.36. The molecule has 0 spiro atoms. The summed E-state index contributed by atoms with van der Waals surface area (Å²) >= 11 is 3.56. The van der Waals surface area contributed by atoms with Crippen molar-refractivity contribution in [3.8, 4) is 0 Å². The first-order valence-electron chi connectivity index (χ1n) is 5.29. The summed E-state index contributed by atoms with van der Waals surface area (Å²) in [6.45, 7) is 0. The van der Waals surface area contributed by atoms with Crippen LogP contribution in [0, 0.1) is 5.92 Å². The van der Waals surface area contributed by atoms with Crippen LogP contribution in [0.1, 0.15) is 37.3 Å². The van der Waals surface area contributed by atoms with Crippen molar-refractivity contribution in [3.63, 3.8) is 0 Å². The Bertz CT molecular complexity index is 310. The van der Waals surface area contributed by atoms with Crippen LogP contribution in [0.15, 0.2) is 28.7 Å². The third-order valence-electron chi connectivity index (χ3n) is 3.17. The number of benzene rings is 1. The van der Waals surface area contributed by atoms with Gasteiger partial charge in [0.2, 0.25) is 0 Å². The van der Waals surface area contributed by atoms with Gasteiger partial charge in [-0.2, -0.15) is 0 Å². The molecule has 1 saturated carbocycles. The Morgan fingerprint density at radius 1 is 1.20 bits per heavy atom. The number of hydrogen-bond donors (Lipinski definition) is 1. The van der Waals surface area contributed by atoms with Crippen molar-refractivity contribution < 1.29 is 0 Å². The van der Waals surface area contributed by atoms with Crippen molar-refractivity contribution in [2.45, 2.75) is 31.7 Å². The predicted octanol–water partition coefficient (Wildman–Crippen LogP) is 4.06. The number of halogens is 2. The number of rotatable bonds is 2. The maximum absolute atomic E-state index is 6.27. The summed E-state index contributed by atoms with van der Waals surface area (Å²) in [6, 6.07) is 8.52. The maximum atomic E-state index is 6.27. The maximum Gasteiger partial charge on any atom is 0.0334 e. The highest BCUT2D eigenvalue weighted by atomic mass is 79.9. The van der Waals surface area contributed by atoms with Gasteiger partial charge in [-0.3, -0.25) is 0 Å². The Balaban J connectivity index is 0.00000112. The van der Waals surface area contributed by atoms with Crippen molar-refractivity contribution in [2.24, 2.45) is 11.7 Å². The molecule has 15 heavy (non-hydrogen) atoms. The zero-order valence-corrected chi connectivity index (χ0v) is 11.1. The van der Waals surface area contributed by atoms with Crippen molar-refractivity contribution in [2.75, 3.05) is 0 Å². The first-order chi connectivity index (χ1) is 6.79. The lowest BCUT2D eigenvalue weighted by Crippen LogP contribution is -2.19. The zero-order valence-electron chi connectivity index (χ0n) is 8.66. The van der Waals surface area contributed by atoms with Crippen molar-refractivity contribution in [1.82, 2.24) is 0 Å². The van der Waals surface area contributed by atoms with Gasteiger partial charge >= 0.3 is 0 Å². The summed E-state index contributed by atoms with van der Waals surface area (Å²) in [6.07, 6.45) is 5.29. The van der Waals surface area contributed by atoms with Crippen LogP contribution in [0.4, 0.5) is 0 Å². The van der Waals surface area contributed by atoms with E-state index in [4.69, 9.17) is 5.73 Å². The van der Waals surface area contributed by atoms with Crippen LogP contribution in [0.25, 0.3) is 0 Å². The smallest absolute Gasteiger partial charge is 0.0334 e. The van der Waals surface area contributed by atoms with Gasteiger partial charge in [0.25, 0.3) is 0 Å². The summed E-state index contributed by atoms with van der Waals surface area (Å²) in [5, 5.41) is 0. The summed E-state index contributed by atoms with van der Waals surface area (Å²) in [4.78, 5) is 0. The Hall–Kier alpha value is -0.0500. The molecular weight excluding hydrogens is 273 g/mol. The van der Waals surface area contributed by atoms with Gasteiger partial charge in [0.15, 0.2) is 0 Å². The van der Waals surface area contributed by atoms with Gasteiger partial charge in [-0.25, -0.2) is 0 Å². The Morgan fingerprint density at radius 2 is 1.80 bits per heavy atom. The summed E-state index contributed by atoms with van der Waals surface area (Å²) in [7, 11) is 0. The molecule has 0 saturated heterocycles. The van der Waals surface area contributed by atoms with Crippen LogP contribution < -0.4 is 5.73 Å². The largest absolute Gasteiger partial charge is 0.324 e. The van der Waals surface area contributed by atoms with Crippen LogP contribution in [0.5, 0.6) is 0 Å². The predicted molar refractivity (Wildman–Crippen MR) is 70.3 cm³/mol. The second-order valence-electron chi connectivity index (χ2n) is 4.09. The standard InChI is InChI=1S/C12H16BrN.ClH/c13-11-8-4-3-7-10(11)12(14)9-5-1-2-6-9;/h3-4,7-9,12H,1-2,5-6,14H2;1H/t12-;/m1./s1. The van der Waals surface area contributed by atoms with Crippen LogP contribution in [0.2, 0.25) is 0 Å². The van der Waals surface area contributed by atoms with Gasteiger partial charge in [0, 0.05) is 10.5 Å². The minimum Gasteiger partial charge on any atom is -0.324 e. The lowest BCUT2D eigenvalue weighted by atomic mass is 9.93. The Morgan fingerprint density at radius 3 is 2.40 bits per heavy atom. The highest BCUT2D eigenvalue weighted by molar-refractivity contribution is 9.10. The molecule has 1 atom stereocenters. The Kier molecular flexibility index (Phi) is 5.10. The molecule has 2 N–H and O–H groups in total. The number of hydrogen-bond acceptors (Lipinski definition) is 1. The first kappa shape index (κ1) is 13.0. The fourth-order valence-corrected chi connectivity index (χ4v) is 2.86. The highest BCUT2D eigenvalue weighted by Gasteiger charge is 2.24. The normalized spacial score (nSPS) is 18.5. The third kappa shape index (κ3) is 2.96. The average Bonchev–Trinajstić information content (AvgIpc) is 2.70. The van der Waals surface area contributed by atoms with Gasteiger partial charge in [-0.15, -0.1) is 12.4 Å². The Labute approximate surface area is 106 Å². The van der Waals surface area contributed by atoms with Crippen molar-refractivity contribution in [3.05, 3.63) is 34.3 Å². The van der Waals surface area contributed by atoms with Crippen molar-refractivity contribution in [1.29, 1.82) is 0 Å². The minimum atomic E-state index is 0. The number of nitrogens with two attached hydrogens (primary N) is 1. The van der Waals surface area contributed by atoms with E-state index in [2.05, 4.69) is 34.1 Å². The van der Waals surface area contributed by atoms with Gasteiger partial charge in [-0.05, 0) is 30.4 Å². The topological polar surface area (TPSA) is 26.0 Å². The van der Waals surface area contributed by atoms with E-state index in [-0.39, 0.29) is 18.4 Å². The average molecular weight is 291 g/mol. The molecule has 1 aromatic rings. The lowest BCUT2D eigenvalue weighted by Gasteiger charge is -2.20. The molecule has 1 nitrogen and oxygen atoms in total. The van der Waals surface area contributed by atoms with Crippen LogP contribution in [0.3, 0.4) is 0 Å².